The number of hydrogen-bond acceptors (Lipinski definition) is 5. The van der Waals surface area contributed by atoms with E-state index in [9.17, 15) is 14.4 Å². The van der Waals surface area contributed by atoms with Gasteiger partial charge >= 0.3 is 5.97 Å². The Hall–Kier alpha value is -3.09. The van der Waals surface area contributed by atoms with Crippen LogP contribution in [0.25, 0.3) is 0 Å². The Labute approximate surface area is 163 Å². The van der Waals surface area contributed by atoms with Crippen LogP contribution in [0.15, 0.2) is 47.1 Å². The highest BCUT2D eigenvalue weighted by molar-refractivity contribution is 5.94. The fraction of sp³-hybridized carbons (Fsp3) is 0.381. The van der Waals surface area contributed by atoms with E-state index in [0.29, 0.717) is 43.5 Å². The molecule has 1 saturated carbocycles. The van der Waals surface area contributed by atoms with Crippen LogP contribution in [0.4, 0.5) is 5.69 Å². The Bertz CT molecular complexity index is 806. The first-order valence-corrected chi connectivity index (χ1v) is 9.36. The maximum atomic E-state index is 12.5. The van der Waals surface area contributed by atoms with E-state index < -0.39 is 5.97 Å². The molecule has 0 atom stereocenters. The summed E-state index contributed by atoms with van der Waals surface area (Å²) in [5, 5.41) is 5.77. The van der Waals surface area contributed by atoms with E-state index >= 15 is 0 Å². The molecule has 2 N–H and O–H groups in total. The summed E-state index contributed by atoms with van der Waals surface area (Å²) in [4.78, 5) is 36.2. The summed E-state index contributed by atoms with van der Waals surface area (Å²) in [6.45, 7) is 0.383. The summed E-state index contributed by atoms with van der Waals surface area (Å²) in [6, 6.07) is 10.2. The first-order chi connectivity index (χ1) is 13.6. The fourth-order valence-electron chi connectivity index (χ4n) is 3.40. The highest BCUT2D eigenvalue weighted by Gasteiger charge is 2.30. The van der Waals surface area contributed by atoms with E-state index in [2.05, 4.69) is 15.4 Å². The summed E-state index contributed by atoms with van der Waals surface area (Å²) < 4.78 is 9.87. The molecule has 1 aliphatic carbocycles. The number of benzene rings is 1. The highest BCUT2D eigenvalue weighted by Crippen LogP contribution is 2.30. The van der Waals surface area contributed by atoms with Crippen LogP contribution in [0.1, 0.15) is 41.8 Å². The molecule has 0 aliphatic heterocycles. The van der Waals surface area contributed by atoms with Gasteiger partial charge in [-0.15, -0.1) is 0 Å². The van der Waals surface area contributed by atoms with Crippen LogP contribution in [-0.4, -0.2) is 24.9 Å². The lowest BCUT2D eigenvalue weighted by Crippen LogP contribution is -2.35. The summed E-state index contributed by atoms with van der Waals surface area (Å²) in [6.07, 6.45) is 4.29. The topological polar surface area (TPSA) is 97.6 Å². The lowest BCUT2D eigenvalue weighted by molar-refractivity contribution is -0.128. The number of methoxy groups -OCH3 is 1. The lowest BCUT2D eigenvalue weighted by Gasteiger charge is -2.27. The van der Waals surface area contributed by atoms with Crippen LogP contribution < -0.4 is 10.6 Å². The van der Waals surface area contributed by atoms with Crippen LogP contribution in [0, 0.1) is 11.8 Å². The van der Waals surface area contributed by atoms with Gasteiger partial charge in [-0.3, -0.25) is 9.59 Å². The van der Waals surface area contributed by atoms with Gasteiger partial charge in [0.1, 0.15) is 5.76 Å². The van der Waals surface area contributed by atoms with Crippen molar-refractivity contribution in [3.63, 3.8) is 0 Å². The second-order valence-corrected chi connectivity index (χ2v) is 6.90. The van der Waals surface area contributed by atoms with Gasteiger partial charge in [0.05, 0.1) is 25.5 Å². The van der Waals surface area contributed by atoms with Crippen molar-refractivity contribution >= 4 is 23.5 Å². The second kappa shape index (κ2) is 9.21. The smallest absolute Gasteiger partial charge is 0.337 e. The van der Waals surface area contributed by atoms with Crippen LogP contribution in [0.3, 0.4) is 0 Å². The molecule has 3 rings (SSSR count). The molecule has 0 bridgehead atoms. The molecule has 1 aromatic heterocycles. The van der Waals surface area contributed by atoms with Crippen LogP contribution in [-0.2, 0) is 20.9 Å². The maximum absolute atomic E-state index is 12.5. The summed E-state index contributed by atoms with van der Waals surface area (Å²) in [5.41, 5.74) is 1.07. The molecule has 1 heterocycles. The fourth-order valence-corrected chi connectivity index (χ4v) is 3.40. The van der Waals surface area contributed by atoms with Crippen molar-refractivity contribution in [2.24, 2.45) is 11.8 Å². The number of rotatable bonds is 6. The number of ether oxygens (including phenoxy) is 1. The molecule has 1 aliphatic rings. The van der Waals surface area contributed by atoms with E-state index in [0.717, 1.165) is 5.76 Å². The third-order valence-electron chi connectivity index (χ3n) is 5.06. The van der Waals surface area contributed by atoms with E-state index in [1.54, 1.807) is 36.6 Å². The number of furan rings is 1. The first kappa shape index (κ1) is 19.7. The van der Waals surface area contributed by atoms with Gasteiger partial charge in [0.2, 0.25) is 11.8 Å². The Kier molecular flexibility index (Phi) is 6.47. The van der Waals surface area contributed by atoms with Gasteiger partial charge in [-0.1, -0.05) is 0 Å². The number of anilines is 1. The van der Waals surface area contributed by atoms with E-state index in [-0.39, 0.29) is 23.7 Å². The average Bonchev–Trinajstić information content (AvgIpc) is 3.25. The van der Waals surface area contributed by atoms with Gasteiger partial charge in [-0.05, 0) is 62.1 Å². The quantitative estimate of drug-likeness (QED) is 0.746. The molecule has 0 saturated heterocycles. The monoisotopic (exact) mass is 384 g/mol. The Balaban J connectivity index is 1.44. The second-order valence-electron chi connectivity index (χ2n) is 6.90. The van der Waals surface area contributed by atoms with Crippen molar-refractivity contribution < 1.29 is 23.5 Å². The highest BCUT2D eigenvalue weighted by atomic mass is 16.5. The Morgan fingerprint density at radius 1 is 1.00 bits per heavy atom. The maximum Gasteiger partial charge on any atom is 0.337 e. The van der Waals surface area contributed by atoms with Crippen LogP contribution >= 0.6 is 0 Å². The van der Waals surface area contributed by atoms with E-state index in [1.165, 1.54) is 7.11 Å². The first-order valence-electron chi connectivity index (χ1n) is 9.36. The van der Waals surface area contributed by atoms with Crippen LogP contribution in [0.2, 0.25) is 0 Å². The molecule has 7 heteroatoms. The zero-order valence-electron chi connectivity index (χ0n) is 15.8. The molecule has 0 spiro atoms. The number of hydrogen-bond donors (Lipinski definition) is 2. The minimum absolute atomic E-state index is 0.00802. The molecule has 1 aromatic carbocycles. The van der Waals surface area contributed by atoms with Gasteiger partial charge < -0.3 is 19.8 Å². The van der Waals surface area contributed by atoms with Gasteiger partial charge in [0, 0.05) is 17.5 Å². The normalized spacial score (nSPS) is 18.9. The molecule has 148 valence electrons. The van der Waals surface area contributed by atoms with Crippen molar-refractivity contribution in [2.45, 2.75) is 32.2 Å². The zero-order valence-corrected chi connectivity index (χ0v) is 15.8. The molecular weight excluding hydrogens is 360 g/mol. The van der Waals surface area contributed by atoms with E-state index in [1.807, 2.05) is 6.07 Å². The predicted octanol–water partition coefficient (Wildman–Crippen LogP) is 3.13. The van der Waals surface area contributed by atoms with Crippen molar-refractivity contribution in [1.29, 1.82) is 0 Å². The molecule has 1 fully saturated rings. The molecule has 28 heavy (non-hydrogen) atoms. The third kappa shape index (κ3) is 5.00. The van der Waals surface area contributed by atoms with Crippen molar-refractivity contribution in [3.8, 4) is 0 Å². The van der Waals surface area contributed by atoms with Crippen LogP contribution in [0.5, 0.6) is 0 Å². The SMILES string of the molecule is COC(=O)c1ccc(NC(=O)C2CCC(C(=O)NCc3ccco3)CC2)cc1. The largest absolute Gasteiger partial charge is 0.467 e. The van der Waals surface area contributed by atoms with Crippen molar-refractivity contribution in [3.05, 3.63) is 54.0 Å². The number of nitrogens with one attached hydrogen (secondary N) is 2. The van der Waals surface area contributed by atoms with Gasteiger partial charge in [-0.25, -0.2) is 4.79 Å². The van der Waals surface area contributed by atoms with Crippen molar-refractivity contribution in [2.75, 3.05) is 12.4 Å². The molecule has 0 unspecified atom stereocenters. The van der Waals surface area contributed by atoms with Gasteiger partial charge in [0.25, 0.3) is 0 Å². The summed E-state index contributed by atoms with van der Waals surface area (Å²) in [7, 11) is 1.33. The van der Waals surface area contributed by atoms with E-state index in [4.69, 9.17) is 4.42 Å². The number of amides is 2. The zero-order chi connectivity index (χ0) is 19.9. The minimum Gasteiger partial charge on any atom is -0.467 e. The average molecular weight is 384 g/mol. The lowest BCUT2D eigenvalue weighted by atomic mass is 9.81. The number of carbonyl (C=O) groups excluding carboxylic acids is 3. The summed E-state index contributed by atoms with van der Waals surface area (Å²) >= 11 is 0. The summed E-state index contributed by atoms with van der Waals surface area (Å²) in [5.74, 6) is 0.0721. The molecule has 2 amide bonds. The Morgan fingerprint density at radius 2 is 1.64 bits per heavy atom. The molecule has 7 nitrogen and oxygen atoms in total. The molecule has 0 radical (unpaired) electrons. The Morgan fingerprint density at radius 3 is 2.21 bits per heavy atom. The van der Waals surface area contributed by atoms with Gasteiger partial charge in [-0.2, -0.15) is 0 Å². The number of esters is 1. The van der Waals surface area contributed by atoms with Gasteiger partial charge in [0.15, 0.2) is 0 Å². The third-order valence-corrected chi connectivity index (χ3v) is 5.06. The van der Waals surface area contributed by atoms with Crippen molar-refractivity contribution in [1.82, 2.24) is 5.32 Å². The minimum atomic E-state index is -0.415. The standard InChI is InChI=1S/C21H24N2O5/c1-27-21(26)16-8-10-17(11-9-16)23-20(25)15-6-4-14(5-7-15)19(24)22-13-18-3-2-12-28-18/h2-3,8-12,14-15H,4-7,13H2,1H3,(H,22,24)(H,23,25). The predicted molar refractivity (Wildman–Crippen MR) is 102 cm³/mol. The number of carbonyl (C=O) groups is 3. The molecule has 2 aromatic rings. The molecular formula is C21H24N2O5.